The van der Waals surface area contributed by atoms with Crippen molar-refractivity contribution in [3.05, 3.63) is 85.9 Å². The van der Waals surface area contributed by atoms with Gasteiger partial charge in [0, 0.05) is 22.6 Å². The Hall–Kier alpha value is -2.21. The summed E-state index contributed by atoms with van der Waals surface area (Å²) in [5.74, 6) is 0.209. The standard InChI is InChI=1S/C21H15Cl2NO3S/c1-11-8-17(25)20(21(26)27-11)16-10-19(12-6-7-13(22)14(23)9-12)28-18-5-3-2-4-15(18)24-16/h2-9,19,25H,10H2,1H3/t19-/m1/s1. The van der Waals surface area contributed by atoms with Crippen LogP contribution >= 0.6 is 35.0 Å². The molecule has 0 unspecified atom stereocenters. The van der Waals surface area contributed by atoms with Crippen molar-refractivity contribution in [3.8, 4) is 5.75 Å². The first kappa shape index (κ1) is 19.1. The van der Waals surface area contributed by atoms with Crippen LogP contribution in [0.4, 0.5) is 5.69 Å². The number of fused-ring (bicyclic) bond motifs is 1. The molecule has 2 aromatic carbocycles. The molecule has 142 valence electrons. The highest BCUT2D eigenvalue weighted by Gasteiger charge is 2.26. The molecule has 7 heteroatoms. The van der Waals surface area contributed by atoms with Crippen LogP contribution in [0.15, 0.2) is 67.6 Å². The molecule has 1 atom stereocenters. The molecule has 0 bridgehead atoms. The molecule has 0 spiro atoms. The largest absolute Gasteiger partial charge is 0.507 e. The van der Waals surface area contributed by atoms with E-state index in [9.17, 15) is 9.90 Å². The average molecular weight is 432 g/mol. The quantitative estimate of drug-likeness (QED) is 0.515. The van der Waals surface area contributed by atoms with E-state index >= 15 is 0 Å². The second-order valence-electron chi connectivity index (χ2n) is 6.42. The highest BCUT2D eigenvalue weighted by Crippen LogP contribution is 2.46. The molecule has 0 amide bonds. The van der Waals surface area contributed by atoms with Gasteiger partial charge in [-0.15, -0.1) is 11.8 Å². The van der Waals surface area contributed by atoms with Crippen molar-refractivity contribution in [3.63, 3.8) is 0 Å². The first-order valence-electron chi connectivity index (χ1n) is 8.54. The molecule has 3 aromatic rings. The maximum Gasteiger partial charge on any atom is 0.348 e. The molecule has 0 aliphatic carbocycles. The smallest absolute Gasteiger partial charge is 0.348 e. The predicted octanol–water partition coefficient (Wildman–Crippen LogP) is 6.32. The lowest BCUT2D eigenvalue weighted by Gasteiger charge is -2.17. The van der Waals surface area contributed by atoms with Gasteiger partial charge in [-0.3, -0.25) is 4.99 Å². The zero-order valence-corrected chi connectivity index (χ0v) is 17.1. The summed E-state index contributed by atoms with van der Waals surface area (Å²) in [6.07, 6.45) is 0.415. The Kier molecular flexibility index (Phi) is 5.23. The number of aryl methyl sites for hydroxylation is 1. The Morgan fingerprint density at radius 1 is 1.14 bits per heavy atom. The summed E-state index contributed by atoms with van der Waals surface area (Å²) in [7, 11) is 0. The van der Waals surface area contributed by atoms with Gasteiger partial charge in [0.05, 0.1) is 21.4 Å². The van der Waals surface area contributed by atoms with Crippen molar-refractivity contribution < 1.29 is 9.52 Å². The molecule has 0 fully saturated rings. The first-order valence-corrected chi connectivity index (χ1v) is 10.2. The molecule has 28 heavy (non-hydrogen) atoms. The Balaban J connectivity index is 1.87. The van der Waals surface area contributed by atoms with Crippen molar-refractivity contribution in [2.24, 2.45) is 4.99 Å². The fraction of sp³-hybridized carbons (Fsp3) is 0.143. The Morgan fingerprint density at radius 2 is 1.93 bits per heavy atom. The van der Waals surface area contributed by atoms with E-state index in [1.54, 1.807) is 24.8 Å². The van der Waals surface area contributed by atoms with E-state index in [4.69, 9.17) is 32.6 Å². The minimum Gasteiger partial charge on any atom is -0.507 e. The van der Waals surface area contributed by atoms with Crippen molar-refractivity contribution in [2.45, 2.75) is 23.5 Å². The van der Waals surface area contributed by atoms with Gasteiger partial charge in [-0.25, -0.2) is 4.79 Å². The third-order valence-corrected chi connectivity index (χ3v) is 6.49. The van der Waals surface area contributed by atoms with Gasteiger partial charge < -0.3 is 9.52 Å². The summed E-state index contributed by atoms with van der Waals surface area (Å²) in [4.78, 5) is 18.1. The minimum atomic E-state index is -0.603. The highest BCUT2D eigenvalue weighted by molar-refractivity contribution is 7.99. The van der Waals surface area contributed by atoms with Crippen LogP contribution in [0.3, 0.4) is 0 Å². The van der Waals surface area contributed by atoms with Crippen LogP contribution in [0.1, 0.15) is 28.6 Å². The number of halogens is 2. The summed E-state index contributed by atoms with van der Waals surface area (Å²) in [6.45, 7) is 1.61. The molecule has 1 N–H and O–H groups in total. The third kappa shape index (κ3) is 3.70. The summed E-state index contributed by atoms with van der Waals surface area (Å²) >= 11 is 13.9. The molecule has 4 nitrogen and oxygen atoms in total. The summed E-state index contributed by atoms with van der Waals surface area (Å²) in [5.41, 5.74) is 1.66. The van der Waals surface area contributed by atoms with E-state index in [1.165, 1.54) is 6.07 Å². The van der Waals surface area contributed by atoms with Gasteiger partial charge in [-0.2, -0.15) is 0 Å². The predicted molar refractivity (Wildman–Crippen MR) is 114 cm³/mol. The SMILES string of the molecule is Cc1cc(O)c(C2=Nc3ccccc3S[C@@H](c3ccc(Cl)c(Cl)c3)C2)c(=O)o1. The molecule has 1 aliphatic rings. The van der Waals surface area contributed by atoms with Crippen molar-refractivity contribution in [1.82, 2.24) is 0 Å². The number of hydrogen-bond acceptors (Lipinski definition) is 5. The van der Waals surface area contributed by atoms with Gasteiger partial charge in [0.25, 0.3) is 0 Å². The van der Waals surface area contributed by atoms with Crippen molar-refractivity contribution in [1.29, 1.82) is 0 Å². The second-order valence-corrected chi connectivity index (χ2v) is 8.47. The van der Waals surface area contributed by atoms with Gasteiger partial charge in [0.1, 0.15) is 17.1 Å². The maximum absolute atomic E-state index is 12.5. The van der Waals surface area contributed by atoms with Crippen LogP contribution in [0.25, 0.3) is 0 Å². The molecule has 1 aromatic heterocycles. The van der Waals surface area contributed by atoms with Gasteiger partial charge in [-0.05, 0) is 36.8 Å². The van der Waals surface area contributed by atoms with Gasteiger partial charge in [0.2, 0.25) is 0 Å². The van der Waals surface area contributed by atoms with Gasteiger partial charge in [0.15, 0.2) is 0 Å². The third-order valence-electron chi connectivity index (χ3n) is 4.43. The molecule has 4 rings (SSSR count). The second kappa shape index (κ2) is 7.66. The molecule has 0 radical (unpaired) electrons. The number of benzene rings is 2. The molecule has 0 saturated carbocycles. The lowest BCUT2D eigenvalue weighted by molar-refractivity contribution is 0.432. The molecule has 2 heterocycles. The topological polar surface area (TPSA) is 62.8 Å². The zero-order chi connectivity index (χ0) is 19.8. The van der Waals surface area contributed by atoms with E-state index in [0.717, 1.165) is 16.1 Å². The fourth-order valence-electron chi connectivity index (χ4n) is 3.13. The summed E-state index contributed by atoms with van der Waals surface area (Å²) in [6, 6.07) is 14.6. The van der Waals surface area contributed by atoms with Crippen LogP contribution < -0.4 is 5.63 Å². The van der Waals surface area contributed by atoms with E-state index in [-0.39, 0.29) is 16.6 Å². The number of para-hydroxylation sites is 1. The minimum absolute atomic E-state index is 0.0720. The van der Waals surface area contributed by atoms with Crippen LogP contribution in [-0.4, -0.2) is 10.8 Å². The van der Waals surface area contributed by atoms with Crippen molar-refractivity contribution in [2.75, 3.05) is 0 Å². The van der Waals surface area contributed by atoms with E-state index < -0.39 is 5.63 Å². The van der Waals surface area contributed by atoms with Gasteiger partial charge in [-0.1, -0.05) is 41.4 Å². The zero-order valence-electron chi connectivity index (χ0n) is 14.8. The first-order chi connectivity index (χ1) is 13.4. The van der Waals surface area contributed by atoms with Crippen LogP contribution in [-0.2, 0) is 0 Å². The lowest BCUT2D eigenvalue weighted by atomic mass is 10.0. The molecule has 1 aliphatic heterocycles. The number of thioether (sulfide) groups is 1. The number of hydrogen-bond donors (Lipinski definition) is 1. The lowest BCUT2D eigenvalue weighted by Crippen LogP contribution is -2.17. The number of aromatic hydroxyl groups is 1. The highest BCUT2D eigenvalue weighted by atomic mass is 35.5. The number of aliphatic imine (C=N–C) groups is 1. The number of nitrogens with zero attached hydrogens (tertiary/aromatic N) is 1. The Morgan fingerprint density at radius 3 is 2.68 bits per heavy atom. The number of rotatable bonds is 2. The van der Waals surface area contributed by atoms with Crippen LogP contribution in [0.2, 0.25) is 10.0 Å². The van der Waals surface area contributed by atoms with E-state index in [1.807, 2.05) is 36.4 Å². The van der Waals surface area contributed by atoms with Crippen molar-refractivity contribution >= 4 is 46.4 Å². The normalized spacial score (nSPS) is 16.2. The van der Waals surface area contributed by atoms with E-state index in [2.05, 4.69) is 0 Å². The Labute approximate surface area is 175 Å². The fourth-order valence-corrected chi connectivity index (χ4v) is 4.66. The van der Waals surface area contributed by atoms with Crippen LogP contribution in [0.5, 0.6) is 5.75 Å². The molecular formula is C21H15Cl2NO3S. The molecular weight excluding hydrogens is 417 g/mol. The summed E-state index contributed by atoms with van der Waals surface area (Å²) < 4.78 is 5.21. The van der Waals surface area contributed by atoms with Crippen LogP contribution in [0, 0.1) is 6.92 Å². The summed E-state index contributed by atoms with van der Waals surface area (Å²) in [5, 5.41) is 11.3. The van der Waals surface area contributed by atoms with E-state index in [0.29, 0.717) is 27.9 Å². The maximum atomic E-state index is 12.5. The Bertz CT molecular complexity index is 1160. The average Bonchev–Trinajstić information content (AvgIpc) is 2.82. The van der Waals surface area contributed by atoms with Gasteiger partial charge >= 0.3 is 5.63 Å². The molecule has 0 saturated heterocycles. The monoisotopic (exact) mass is 431 g/mol.